The molecule has 1 amide bonds. The van der Waals surface area contributed by atoms with Gasteiger partial charge in [-0.2, -0.15) is 5.10 Å². The van der Waals surface area contributed by atoms with E-state index >= 15 is 0 Å². The number of aromatic nitrogens is 2. The van der Waals surface area contributed by atoms with E-state index in [0.29, 0.717) is 22.7 Å². The molecule has 3 heterocycles. The van der Waals surface area contributed by atoms with E-state index in [2.05, 4.69) is 44.0 Å². The summed E-state index contributed by atoms with van der Waals surface area (Å²) in [7, 11) is 2.25. The average molecular weight is 543 g/mol. The van der Waals surface area contributed by atoms with Gasteiger partial charge in [0.2, 0.25) is 5.91 Å². The van der Waals surface area contributed by atoms with Gasteiger partial charge in [0.05, 0.1) is 11.6 Å². The fraction of sp³-hybridized carbons (Fsp3) is 0.375. The van der Waals surface area contributed by atoms with Crippen molar-refractivity contribution < 1.29 is 9.53 Å². The summed E-state index contributed by atoms with van der Waals surface area (Å²) in [6, 6.07) is 22.8. The highest BCUT2D eigenvalue weighted by molar-refractivity contribution is 6.31. The van der Waals surface area contributed by atoms with Crippen LogP contribution < -0.4 is 10.5 Å². The van der Waals surface area contributed by atoms with Gasteiger partial charge in [-0.3, -0.25) is 9.48 Å². The van der Waals surface area contributed by atoms with Crippen LogP contribution in [-0.4, -0.2) is 45.8 Å². The third-order valence-corrected chi connectivity index (χ3v) is 8.94. The monoisotopic (exact) mass is 542 g/mol. The summed E-state index contributed by atoms with van der Waals surface area (Å²) in [6.07, 6.45) is 4.96. The lowest BCUT2D eigenvalue weighted by molar-refractivity contribution is 0.0662. The molecule has 39 heavy (non-hydrogen) atoms. The van der Waals surface area contributed by atoms with Crippen LogP contribution in [0.25, 0.3) is 22.2 Å². The summed E-state index contributed by atoms with van der Waals surface area (Å²) >= 11 is 6.66. The Morgan fingerprint density at radius 2 is 1.72 bits per heavy atom. The van der Waals surface area contributed by atoms with Crippen molar-refractivity contribution in [3.8, 4) is 17.0 Å². The number of piperidine rings is 1. The van der Waals surface area contributed by atoms with E-state index < -0.39 is 5.91 Å². The number of benzene rings is 3. The highest BCUT2D eigenvalue weighted by Gasteiger charge is 2.39. The summed E-state index contributed by atoms with van der Waals surface area (Å²) in [4.78, 5) is 14.6. The van der Waals surface area contributed by atoms with Crippen molar-refractivity contribution in [2.45, 2.75) is 63.8 Å². The van der Waals surface area contributed by atoms with Crippen LogP contribution in [0.3, 0.4) is 0 Å². The lowest BCUT2D eigenvalue weighted by atomic mass is 9.95. The van der Waals surface area contributed by atoms with E-state index in [1.807, 2.05) is 47.1 Å². The number of hydrogen-bond acceptors (Lipinski definition) is 4. The molecule has 0 saturated carbocycles. The van der Waals surface area contributed by atoms with Crippen LogP contribution in [0.15, 0.2) is 66.7 Å². The SMILES string of the molecule is CC(C)C(c1ccccc1Cl)n1nc(-c2ccc(OC3CC4CCC(C3)N4C)cc2)c2cc(C(N)=O)ccc21. The molecule has 3 aromatic carbocycles. The zero-order valence-electron chi connectivity index (χ0n) is 22.7. The fourth-order valence-electron chi connectivity index (χ4n) is 6.55. The Hall–Kier alpha value is -3.35. The molecule has 0 spiro atoms. The smallest absolute Gasteiger partial charge is 0.248 e. The Morgan fingerprint density at radius 1 is 1.03 bits per heavy atom. The Kier molecular flexibility index (Phi) is 6.86. The zero-order chi connectivity index (χ0) is 27.3. The lowest BCUT2D eigenvalue weighted by Crippen LogP contribution is -2.43. The Bertz CT molecular complexity index is 1500. The van der Waals surface area contributed by atoms with Gasteiger partial charge < -0.3 is 15.4 Å². The highest BCUT2D eigenvalue weighted by atomic mass is 35.5. The summed E-state index contributed by atoms with van der Waals surface area (Å²) in [5, 5.41) is 6.73. The van der Waals surface area contributed by atoms with E-state index in [0.717, 1.165) is 46.3 Å². The van der Waals surface area contributed by atoms with Gasteiger partial charge in [0, 0.05) is 33.6 Å². The Balaban J connectivity index is 1.37. The van der Waals surface area contributed by atoms with Gasteiger partial charge in [-0.1, -0.05) is 43.6 Å². The number of carbonyl (C=O) groups is 1. The molecule has 3 atom stereocenters. The Labute approximate surface area is 234 Å². The predicted molar refractivity (Wildman–Crippen MR) is 156 cm³/mol. The maximum atomic E-state index is 12.1. The second-order valence-electron chi connectivity index (χ2n) is 11.4. The third-order valence-electron chi connectivity index (χ3n) is 8.60. The first-order chi connectivity index (χ1) is 18.8. The molecule has 2 N–H and O–H groups in total. The molecule has 1 aromatic heterocycles. The number of nitrogens with two attached hydrogens (primary N) is 1. The largest absolute Gasteiger partial charge is 0.490 e. The number of carbonyl (C=O) groups excluding carboxylic acids is 1. The third kappa shape index (κ3) is 4.81. The first-order valence-corrected chi connectivity index (χ1v) is 14.2. The molecule has 2 aliphatic rings. The van der Waals surface area contributed by atoms with Gasteiger partial charge >= 0.3 is 0 Å². The predicted octanol–water partition coefficient (Wildman–Crippen LogP) is 6.71. The molecule has 6 rings (SSSR count). The number of nitrogens with zero attached hydrogens (tertiary/aromatic N) is 3. The van der Waals surface area contributed by atoms with E-state index in [1.54, 1.807) is 6.07 Å². The molecule has 3 unspecified atom stereocenters. The molecule has 2 aliphatic heterocycles. The normalized spacial score (nSPS) is 21.9. The number of ether oxygens (including phenoxy) is 1. The number of halogens is 1. The first kappa shape index (κ1) is 25.9. The summed E-state index contributed by atoms with van der Waals surface area (Å²) in [5.41, 5.74) is 9.81. The molecule has 4 aromatic rings. The van der Waals surface area contributed by atoms with Gasteiger partial charge in [-0.15, -0.1) is 0 Å². The van der Waals surface area contributed by atoms with Gasteiger partial charge in [0.25, 0.3) is 0 Å². The number of fused-ring (bicyclic) bond motifs is 3. The van der Waals surface area contributed by atoms with Crippen LogP contribution in [0.2, 0.25) is 5.02 Å². The minimum atomic E-state index is -0.460. The molecule has 6 nitrogen and oxygen atoms in total. The molecular formula is C32H35ClN4O2. The maximum absolute atomic E-state index is 12.1. The molecule has 2 saturated heterocycles. The molecule has 2 bridgehead atoms. The van der Waals surface area contributed by atoms with Crippen LogP contribution in [0.1, 0.15) is 61.5 Å². The second kappa shape index (κ2) is 10.3. The molecule has 7 heteroatoms. The molecule has 2 fully saturated rings. The average Bonchev–Trinajstić information content (AvgIpc) is 3.36. The van der Waals surface area contributed by atoms with Gasteiger partial charge in [-0.05, 0) is 92.7 Å². The topological polar surface area (TPSA) is 73.4 Å². The minimum absolute atomic E-state index is 0.0863. The van der Waals surface area contributed by atoms with Crippen LogP contribution >= 0.6 is 11.6 Å². The summed E-state index contributed by atoms with van der Waals surface area (Å²) in [5.74, 6) is 0.639. The van der Waals surface area contributed by atoms with Gasteiger partial charge in [-0.25, -0.2) is 0 Å². The zero-order valence-corrected chi connectivity index (χ0v) is 23.4. The standard InChI is InChI=1S/C32H35ClN4O2/c1-19(2)31(26-6-4-5-7-28(26)33)37-29-15-10-21(32(34)38)16-27(29)30(35-37)20-8-13-24(14-9-20)39-25-17-22-11-12-23(18-25)36(22)3/h4-10,13-16,19,22-23,25,31H,11-12,17-18H2,1-3H3,(H2,34,38). The van der Waals surface area contributed by atoms with Crippen LogP contribution in [0.5, 0.6) is 5.75 Å². The van der Waals surface area contributed by atoms with Crippen molar-refractivity contribution >= 4 is 28.4 Å². The number of primary amides is 1. The number of rotatable bonds is 7. The quantitative estimate of drug-likeness (QED) is 0.282. The lowest BCUT2D eigenvalue weighted by Gasteiger charge is -2.36. The van der Waals surface area contributed by atoms with Crippen molar-refractivity contribution in [1.29, 1.82) is 0 Å². The fourth-order valence-corrected chi connectivity index (χ4v) is 6.80. The minimum Gasteiger partial charge on any atom is -0.490 e. The van der Waals surface area contributed by atoms with Crippen LogP contribution in [0.4, 0.5) is 0 Å². The summed E-state index contributed by atoms with van der Waals surface area (Å²) < 4.78 is 8.47. The van der Waals surface area contributed by atoms with E-state index in [4.69, 9.17) is 27.2 Å². The molecule has 202 valence electrons. The van der Waals surface area contributed by atoms with Crippen molar-refractivity contribution in [2.24, 2.45) is 11.7 Å². The van der Waals surface area contributed by atoms with Crippen molar-refractivity contribution in [2.75, 3.05) is 7.05 Å². The van der Waals surface area contributed by atoms with E-state index in [-0.39, 0.29) is 18.1 Å². The number of amides is 1. The Morgan fingerprint density at radius 3 is 2.36 bits per heavy atom. The van der Waals surface area contributed by atoms with Crippen LogP contribution in [-0.2, 0) is 0 Å². The van der Waals surface area contributed by atoms with Crippen molar-refractivity contribution in [1.82, 2.24) is 14.7 Å². The first-order valence-electron chi connectivity index (χ1n) is 13.9. The maximum Gasteiger partial charge on any atom is 0.248 e. The number of hydrogen-bond donors (Lipinski definition) is 1. The van der Waals surface area contributed by atoms with E-state index in [1.165, 1.54) is 12.8 Å². The van der Waals surface area contributed by atoms with Crippen LogP contribution in [0, 0.1) is 5.92 Å². The molecule has 0 radical (unpaired) electrons. The van der Waals surface area contributed by atoms with Crippen molar-refractivity contribution in [3.05, 3.63) is 82.9 Å². The van der Waals surface area contributed by atoms with E-state index in [9.17, 15) is 4.79 Å². The highest BCUT2D eigenvalue weighted by Crippen LogP contribution is 2.39. The van der Waals surface area contributed by atoms with Crippen molar-refractivity contribution in [3.63, 3.8) is 0 Å². The summed E-state index contributed by atoms with van der Waals surface area (Å²) in [6.45, 7) is 4.33. The molecule has 0 aliphatic carbocycles. The second-order valence-corrected chi connectivity index (χ2v) is 11.8. The van der Waals surface area contributed by atoms with Gasteiger partial charge in [0.1, 0.15) is 17.5 Å². The molecular weight excluding hydrogens is 508 g/mol. The van der Waals surface area contributed by atoms with Gasteiger partial charge in [0.15, 0.2) is 0 Å².